The molecule has 0 radical (unpaired) electrons. The largest absolute Gasteiger partial charge is 0.492 e. The molecule has 2 fully saturated rings. The van der Waals surface area contributed by atoms with Gasteiger partial charge in [-0.15, -0.1) is 0 Å². The first-order valence-corrected chi connectivity index (χ1v) is 19.4. The topological polar surface area (TPSA) is 101 Å². The van der Waals surface area contributed by atoms with E-state index in [0.29, 0.717) is 5.92 Å². The minimum absolute atomic E-state index is 0.0423. The Morgan fingerprint density at radius 2 is 2.05 bits per heavy atom. The highest BCUT2D eigenvalue weighted by Gasteiger charge is 2.50. The van der Waals surface area contributed by atoms with Gasteiger partial charge >= 0.3 is 0 Å². The second-order valence-corrected chi connectivity index (χ2v) is 20.5. The number of aromatic hydroxyl groups is 1. The van der Waals surface area contributed by atoms with E-state index in [1.165, 1.54) is 17.2 Å². The summed E-state index contributed by atoms with van der Waals surface area (Å²) in [7, 11) is -4.50. The Labute approximate surface area is 248 Å². The van der Waals surface area contributed by atoms with E-state index in [-0.39, 0.29) is 39.5 Å². The van der Waals surface area contributed by atoms with Crippen molar-refractivity contribution in [2.75, 3.05) is 6.61 Å². The fourth-order valence-corrected chi connectivity index (χ4v) is 8.09. The van der Waals surface area contributed by atoms with Crippen molar-refractivity contribution in [3.63, 3.8) is 0 Å². The summed E-state index contributed by atoms with van der Waals surface area (Å²) in [5, 5.41) is 10.0. The molecule has 0 spiro atoms. The monoisotopic (exact) mass is 632 g/mol. The smallest absolute Gasteiger partial charge is 0.242 e. The molecule has 8 atom stereocenters. The summed E-state index contributed by atoms with van der Waals surface area (Å²) in [4.78, 5) is 12.1. The first-order valence-electron chi connectivity index (χ1n) is 13.6. The normalized spacial score (nSPS) is 32.4. The Morgan fingerprint density at radius 1 is 1.35 bits per heavy atom. The molecular formula is C26H42FN4O5PS2Si. The van der Waals surface area contributed by atoms with Gasteiger partial charge in [0.2, 0.25) is 5.88 Å². The molecular weight excluding hydrogens is 591 g/mol. The van der Waals surface area contributed by atoms with E-state index in [2.05, 4.69) is 55.4 Å². The molecule has 224 valence electrons. The molecule has 4 rings (SSSR count). The average Bonchev–Trinajstić information content (AvgIpc) is 3.40. The van der Waals surface area contributed by atoms with Crippen molar-refractivity contribution in [1.82, 2.24) is 19.5 Å². The van der Waals surface area contributed by atoms with Crippen molar-refractivity contribution >= 4 is 51.1 Å². The Bertz CT molecular complexity index is 1260. The van der Waals surface area contributed by atoms with Crippen molar-refractivity contribution in [1.29, 1.82) is 0 Å². The van der Waals surface area contributed by atoms with E-state index in [4.69, 9.17) is 42.6 Å². The zero-order valence-corrected chi connectivity index (χ0v) is 28.0. The van der Waals surface area contributed by atoms with E-state index in [1.807, 2.05) is 13.8 Å². The van der Waals surface area contributed by atoms with Crippen molar-refractivity contribution in [2.45, 2.75) is 107 Å². The third kappa shape index (κ3) is 6.67. The molecule has 2 aliphatic rings. The molecule has 2 aromatic rings. The Morgan fingerprint density at radius 3 is 2.70 bits per heavy atom. The molecule has 0 aromatic carbocycles. The first-order chi connectivity index (χ1) is 18.5. The van der Waals surface area contributed by atoms with Crippen LogP contribution in [-0.2, 0) is 30.0 Å². The van der Waals surface area contributed by atoms with Crippen LogP contribution in [0.15, 0.2) is 24.8 Å². The van der Waals surface area contributed by atoms with Crippen LogP contribution in [0.2, 0.25) is 18.1 Å². The third-order valence-corrected chi connectivity index (χ3v) is 15.2. The minimum Gasteiger partial charge on any atom is -0.492 e. The molecule has 2 aromatic heterocycles. The van der Waals surface area contributed by atoms with Crippen molar-refractivity contribution in [3.8, 4) is 5.88 Å². The highest BCUT2D eigenvalue weighted by molar-refractivity contribution is 8.00. The highest BCUT2D eigenvalue weighted by atomic mass is 32.4. The highest BCUT2D eigenvalue weighted by Crippen LogP contribution is 2.47. The number of thiol groups is 1. The molecule has 1 saturated carbocycles. The Balaban J connectivity index is 1.56. The number of allylic oxidation sites excluding steroid dienone is 1. The Kier molecular flexibility index (Phi) is 9.59. The van der Waals surface area contributed by atoms with Gasteiger partial charge in [-0.25, -0.2) is 14.4 Å². The quantitative estimate of drug-likeness (QED) is 0.146. The lowest BCUT2D eigenvalue weighted by Gasteiger charge is -2.41. The van der Waals surface area contributed by atoms with Gasteiger partial charge in [0.25, 0.3) is 0 Å². The first kappa shape index (κ1) is 32.0. The molecule has 0 bridgehead atoms. The van der Waals surface area contributed by atoms with Gasteiger partial charge in [0, 0.05) is 4.75 Å². The van der Waals surface area contributed by atoms with E-state index in [1.54, 1.807) is 0 Å². The van der Waals surface area contributed by atoms with E-state index >= 15 is 4.39 Å². The van der Waals surface area contributed by atoms with Gasteiger partial charge < -0.3 is 23.3 Å². The predicted molar refractivity (Wildman–Crippen MR) is 164 cm³/mol. The van der Waals surface area contributed by atoms with Crippen LogP contribution in [0.3, 0.4) is 0 Å². The number of nitrogens with zero attached hydrogens (tertiary/aromatic N) is 4. The van der Waals surface area contributed by atoms with Gasteiger partial charge in [-0.3, -0.25) is 4.57 Å². The summed E-state index contributed by atoms with van der Waals surface area (Å²) in [6.07, 6.45) is 0.421. The molecule has 40 heavy (non-hydrogen) atoms. The second kappa shape index (κ2) is 12.0. The van der Waals surface area contributed by atoms with Crippen molar-refractivity contribution < 1.29 is 27.7 Å². The number of halogens is 1. The van der Waals surface area contributed by atoms with Gasteiger partial charge in [-0.1, -0.05) is 32.9 Å². The fraction of sp³-hybridized carbons (Fsp3) is 0.731. The molecule has 0 amide bonds. The van der Waals surface area contributed by atoms with Crippen LogP contribution in [-0.4, -0.2) is 68.8 Å². The number of rotatable bonds is 9. The lowest BCUT2D eigenvalue weighted by Crippen LogP contribution is -2.44. The number of aromatic nitrogens is 4. The molecule has 3 heterocycles. The van der Waals surface area contributed by atoms with Crippen molar-refractivity contribution in [3.05, 3.63) is 24.8 Å². The molecule has 1 unspecified atom stereocenters. The summed E-state index contributed by atoms with van der Waals surface area (Å²) in [5.74, 6) is 0.0318. The number of hydrogen-bond acceptors (Lipinski definition) is 10. The average molecular weight is 633 g/mol. The van der Waals surface area contributed by atoms with E-state index in [9.17, 15) is 5.11 Å². The third-order valence-electron chi connectivity index (χ3n) is 8.65. The summed E-state index contributed by atoms with van der Waals surface area (Å²) in [5.41, 5.74) is 1.52. The number of hydrogen-bond donors (Lipinski definition) is 2. The molecule has 1 aliphatic carbocycles. The van der Waals surface area contributed by atoms with Crippen LogP contribution in [0, 0.1) is 5.92 Å². The van der Waals surface area contributed by atoms with Crippen LogP contribution >= 0.6 is 19.8 Å². The van der Waals surface area contributed by atoms with Crippen LogP contribution in [0.1, 0.15) is 60.1 Å². The van der Waals surface area contributed by atoms with E-state index < -0.39 is 40.1 Å². The van der Waals surface area contributed by atoms with E-state index in [0.717, 1.165) is 24.8 Å². The summed E-state index contributed by atoms with van der Waals surface area (Å²) < 4.78 is 42.5. The Hall–Kier alpha value is -0.923. The maximum atomic E-state index is 16.2. The SMILES string of the molecule is C=C(C)[C@H]1CC[C@@](C)(S)[C@H](O[PH](=S)O[C@H]2[C@@H](F)[C@H](n3cnc4c(O)ncnc43)O[C@@H]2CO[Si](C)(C)C(C)(C)C)C1. The molecule has 1 saturated heterocycles. The van der Waals surface area contributed by atoms with Crippen LogP contribution < -0.4 is 0 Å². The van der Waals surface area contributed by atoms with Crippen LogP contribution in [0.25, 0.3) is 11.2 Å². The van der Waals surface area contributed by atoms with Crippen LogP contribution in [0.5, 0.6) is 5.88 Å². The van der Waals surface area contributed by atoms with Gasteiger partial charge in [-0.05, 0) is 69.0 Å². The molecule has 1 aliphatic heterocycles. The number of imidazole rings is 1. The lowest BCUT2D eigenvalue weighted by molar-refractivity contribution is -0.0414. The summed E-state index contributed by atoms with van der Waals surface area (Å²) in [6.45, 7) is 19.0. The van der Waals surface area contributed by atoms with Gasteiger partial charge in [0.05, 0.1) is 19.0 Å². The van der Waals surface area contributed by atoms with Crippen molar-refractivity contribution in [2.24, 2.45) is 5.92 Å². The molecule has 9 nitrogen and oxygen atoms in total. The minimum atomic E-state index is -2.33. The van der Waals surface area contributed by atoms with Gasteiger partial charge in [-0.2, -0.15) is 17.6 Å². The maximum absolute atomic E-state index is 16.2. The summed E-state index contributed by atoms with van der Waals surface area (Å²) >= 11 is 10.6. The number of ether oxygens (including phenoxy) is 1. The van der Waals surface area contributed by atoms with Crippen LogP contribution in [0.4, 0.5) is 4.39 Å². The van der Waals surface area contributed by atoms with Gasteiger partial charge in [0.1, 0.15) is 18.5 Å². The maximum Gasteiger partial charge on any atom is 0.242 e. The number of fused-ring (bicyclic) bond motifs is 1. The molecule has 14 heteroatoms. The lowest BCUT2D eigenvalue weighted by atomic mass is 9.77. The molecule has 1 N–H and O–H groups in total. The second-order valence-electron chi connectivity index (χ2n) is 12.7. The summed E-state index contributed by atoms with van der Waals surface area (Å²) in [6, 6.07) is 0. The number of alkyl halides is 1. The van der Waals surface area contributed by atoms with Gasteiger partial charge in [0.15, 0.2) is 39.0 Å². The predicted octanol–water partition coefficient (Wildman–Crippen LogP) is 6.13. The zero-order chi connectivity index (χ0) is 29.6. The standard InChI is InChI=1S/C26H42FN4O5PS2Si/c1-15(2)16-9-10-26(6,38)18(11-16)35-37(39)36-21-17(12-33-40(7,8)25(3,4)5)34-24(19(21)27)31-14-30-20-22(31)28-13-29-23(20)32/h13-14,16-19,21,24,37-38H,1,9-12H2,2-8H3,(H,28,29,32)/t16-,17+,18+,19+,21+,24+,26+/m0/s1. The fourth-order valence-electron chi connectivity index (χ4n) is 4.86. The zero-order valence-electron chi connectivity index (χ0n) is 24.3.